The average Bonchev–Trinajstić information content (AvgIpc) is 3.08. The molecule has 0 amide bonds. The van der Waals surface area contributed by atoms with Gasteiger partial charge in [0.25, 0.3) is 5.95 Å². The van der Waals surface area contributed by atoms with E-state index in [1.165, 1.54) is 30.2 Å². The van der Waals surface area contributed by atoms with E-state index < -0.39 is 0 Å². The van der Waals surface area contributed by atoms with Crippen molar-refractivity contribution >= 4 is 17.5 Å². The van der Waals surface area contributed by atoms with Crippen LogP contribution in [-0.4, -0.2) is 42.3 Å². The fourth-order valence-electron chi connectivity index (χ4n) is 1.94. The lowest BCUT2D eigenvalue weighted by atomic mass is 10.4. The lowest BCUT2D eigenvalue weighted by molar-refractivity contribution is 0.714. The van der Waals surface area contributed by atoms with Gasteiger partial charge in [-0.3, -0.25) is 0 Å². The van der Waals surface area contributed by atoms with Crippen LogP contribution in [0.2, 0.25) is 5.28 Å². The Balaban J connectivity index is 1.96. The van der Waals surface area contributed by atoms with Crippen LogP contribution in [0.15, 0.2) is 12.7 Å². The highest BCUT2D eigenvalue weighted by molar-refractivity contribution is 6.28. The zero-order chi connectivity index (χ0) is 13.2. The summed E-state index contributed by atoms with van der Waals surface area (Å²) in [5.74, 6) is 1.02. The Morgan fingerprint density at radius 3 is 2.84 bits per heavy atom. The average molecular weight is 280 g/mol. The van der Waals surface area contributed by atoms with E-state index in [2.05, 4.69) is 36.9 Å². The Hall–Kier alpha value is -1.76. The predicted molar refractivity (Wildman–Crippen MR) is 70.4 cm³/mol. The maximum atomic E-state index is 5.99. The summed E-state index contributed by atoms with van der Waals surface area (Å²) < 4.78 is 1.48. The molecule has 3 rings (SSSR count). The van der Waals surface area contributed by atoms with Crippen LogP contribution in [0.3, 0.4) is 0 Å². The molecular weight excluding hydrogens is 266 g/mol. The largest absolute Gasteiger partial charge is 0.338 e. The second-order valence-corrected chi connectivity index (χ2v) is 4.81. The van der Waals surface area contributed by atoms with E-state index in [0.29, 0.717) is 17.9 Å². The van der Waals surface area contributed by atoms with Crippen LogP contribution in [-0.2, 0) is 0 Å². The topological polar surface area (TPSA) is 72.6 Å². The number of rotatable bonds is 5. The monoisotopic (exact) mass is 279 g/mol. The van der Waals surface area contributed by atoms with Crippen molar-refractivity contribution in [3.05, 3.63) is 17.9 Å². The SMILES string of the molecule is CCCN(c1nc(Cl)nc(-n2cncn2)n1)C1CC1. The minimum atomic E-state index is 0.178. The lowest BCUT2D eigenvalue weighted by Gasteiger charge is -2.21. The van der Waals surface area contributed by atoms with E-state index in [9.17, 15) is 0 Å². The summed E-state index contributed by atoms with van der Waals surface area (Å²) in [5.41, 5.74) is 0. The molecular formula is C11H14ClN7. The van der Waals surface area contributed by atoms with Gasteiger partial charge >= 0.3 is 0 Å². The smallest absolute Gasteiger partial charge is 0.258 e. The van der Waals surface area contributed by atoms with Gasteiger partial charge in [0, 0.05) is 12.6 Å². The third-order valence-electron chi connectivity index (χ3n) is 2.92. The number of aromatic nitrogens is 6. The van der Waals surface area contributed by atoms with Crippen LogP contribution in [0, 0.1) is 0 Å². The van der Waals surface area contributed by atoms with Gasteiger partial charge in [-0.05, 0) is 30.9 Å². The van der Waals surface area contributed by atoms with Crippen LogP contribution in [0.5, 0.6) is 0 Å². The highest BCUT2D eigenvalue weighted by Gasteiger charge is 2.30. The third kappa shape index (κ3) is 2.65. The van der Waals surface area contributed by atoms with Crippen molar-refractivity contribution in [2.45, 2.75) is 32.2 Å². The molecule has 1 aliphatic carbocycles. The van der Waals surface area contributed by atoms with Crippen molar-refractivity contribution in [1.29, 1.82) is 0 Å². The van der Waals surface area contributed by atoms with Crippen molar-refractivity contribution in [1.82, 2.24) is 29.7 Å². The Morgan fingerprint density at radius 1 is 1.37 bits per heavy atom. The summed E-state index contributed by atoms with van der Waals surface area (Å²) >= 11 is 5.99. The van der Waals surface area contributed by atoms with Gasteiger partial charge in [-0.15, -0.1) is 0 Å². The first kappa shape index (κ1) is 12.3. The molecule has 0 aromatic carbocycles. The summed E-state index contributed by atoms with van der Waals surface area (Å²) in [5, 5.41) is 4.19. The third-order valence-corrected chi connectivity index (χ3v) is 3.09. The molecule has 8 heteroatoms. The highest BCUT2D eigenvalue weighted by atomic mass is 35.5. The van der Waals surface area contributed by atoms with Crippen molar-refractivity contribution in [2.75, 3.05) is 11.4 Å². The number of hydrogen-bond acceptors (Lipinski definition) is 6. The lowest BCUT2D eigenvalue weighted by Crippen LogP contribution is -2.29. The van der Waals surface area contributed by atoms with Crippen LogP contribution in [0.4, 0.5) is 5.95 Å². The molecule has 19 heavy (non-hydrogen) atoms. The Kier molecular flexibility index (Phi) is 3.29. The maximum absolute atomic E-state index is 5.99. The van der Waals surface area contributed by atoms with E-state index in [1.807, 2.05) is 0 Å². The first-order chi connectivity index (χ1) is 9.28. The first-order valence-electron chi connectivity index (χ1n) is 6.31. The maximum Gasteiger partial charge on any atom is 0.258 e. The Morgan fingerprint density at radius 2 is 2.21 bits per heavy atom. The van der Waals surface area contributed by atoms with Crippen molar-refractivity contribution in [3.63, 3.8) is 0 Å². The zero-order valence-corrected chi connectivity index (χ0v) is 11.3. The van der Waals surface area contributed by atoms with Gasteiger partial charge in [0.1, 0.15) is 12.7 Å². The molecule has 0 aliphatic heterocycles. The second kappa shape index (κ2) is 5.08. The summed E-state index contributed by atoms with van der Waals surface area (Å²) in [6.07, 6.45) is 6.38. The highest BCUT2D eigenvalue weighted by Crippen LogP contribution is 2.30. The van der Waals surface area contributed by atoms with E-state index in [4.69, 9.17) is 11.6 Å². The normalized spacial score (nSPS) is 14.6. The van der Waals surface area contributed by atoms with Gasteiger partial charge in [0.15, 0.2) is 0 Å². The van der Waals surface area contributed by atoms with E-state index >= 15 is 0 Å². The molecule has 1 saturated carbocycles. The summed E-state index contributed by atoms with van der Waals surface area (Å²) in [6.45, 7) is 3.05. The molecule has 0 radical (unpaired) electrons. The van der Waals surface area contributed by atoms with Gasteiger partial charge in [-0.25, -0.2) is 4.98 Å². The number of halogens is 1. The molecule has 100 valence electrons. The molecule has 0 N–H and O–H groups in total. The van der Waals surface area contributed by atoms with Crippen molar-refractivity contribution in [2.24, 2.45) is 0 Å². The van der Waals surface area contributed by atoms with Crippen LogP contribution < -0.4 is 4.90 Å². The zero-order valence-electron chi connectivity index (χ0n) is 10.6. The van der Waals surface area contributed by atoms with Gasteiger partial charge in [0.2, 0.25) is 11.2 Å². The predicted octanol–water partition coefficient (Wildman–Crippen LogP) is 1.48. The molecule has 2 heterocycles. The van der Waals surface area contributed by atoms with E-state index in [1.54, 1.807) is 0 Å². The second-order valence-electron chi connectivity index (χ2n) is 4.47. The molecule has 2 aromatic heterocycles. The molecule has 0 bridgehead atoms. The molecule has 0 atom stereocenters. The van der Waals surface area contributed by atoms with Gasteiger partial charge in [-0.2, -0.15) is 24.7 Å². The van der Waals surface area contributed by atoms with Crippen LogP contribution >= 0.6 is 11.6 Å². The van der Waals surface area contributed by atoms with Crippen molar-refractivity contribution in [3.8, 4) is 5.95 Å². The number of nitrogens with zero attached hydrogens (tertiary/aromatic N) is 7. The molecule has 7 nitrogen and oxygen atoms in total. The number of hydrogen-bond donors (Lipinski definition) is 0. The van der Waals surface area contributed by atoms with E-state index in [-0.39, 0.29) is 5.28 Å². The molecule has 2 aromatic rings. The molecule has 1 fully saturated rings. The molecule has 0 unspecified atom stereocenters. The summed E-state index contributed by atoms with van der Waals surface area (Å²) in [6, 6.07) is 0.530. The molecule has 0 spiro atoms. The summed E-state index contributed by atoms with van der Waals surface area (Å²) in [4.78, 5) is 18.8. The quantitative estimate of drug-likeness (QED) is 0.825. The van der Waals surface area contributed by atoms with Crippen molar-refractivity contribution < 1.29 is 0 Å². The number of anilines is 1. The fraction of sp³-hybridized carbons (Fsp3) is 0.545. The Bertz CT molecular complexity index is 552. The Labute approximate surface area is 115 Å². The van der Waals surface area contributed by atoms with Gasteiger partial charge < -0.3 is 4.90 Å². The standard InChI is InChI=1S/C11H14ClN7/c1-2-5-18(8-3-4-8)10-15-9(12)16-11(17-10)19-7-13-6-14-19/h6-8H,2-5H2,1H3. The van der Waals surface area contributed by atoms with Gasteiger partial charge in [-0.1, -0.05) is 6.92 Å². The minimum absolute atomic E-state index is 0.178. The molecule has 0 saturated heterocycles. The van der Waals surface area contributed by atoms with Crippen LogP contribution in [0.25, 0.3) is 5.95 Å². The minimum Gasteiger partial charge on any atom is -0.338 e. The molecule has 1 aliphatic rings. The van der Waals surface area contributed by atoms with Crippen LogP contribution in [0.1, 0.15) is 26.2 Å². The summed E-state index contributed by atoms with van der Waals surface area (Å²) in [7, 11) is 0. The van der Waals surface area contributed by atoms with E-state index in [0.717, 1.165) is 13.0 Å². The fourth-order valence-corrected chi connectivity index (χ4v) is 2.10. The first-order valence-corrected chi connectivity index (χ1v) is 6.69. The van der Waals surface area contributed by atoms with Gasteiger partial charge in [0.05, 0.1) is 0 Å².